The zero-order chi connectivity index (χ0) is 20.5. The van der Waals surface area contributed by atoms with Crippen LogP contribution < -0.4 is 10.6 Å². The third kappa shape index (κ3) is 4.15. The molecule has 0 aliphatic carbocycles. The lowest BCUT2D eigenvalue weighted by Gasteiger charge is -2.14. The van der Waals surface area contributed by atoms with Gasteiger partial charge in [-0.05, 0) is 36.7 Å². The molecule has 0 saturated heterocycles. The lowest BCUT2D eigenvalue weighted by molar-refractivity contribution is -0.142. The first kappa shape index (κ1) is 20.9. The van der Waals surface area contributed by atoms with Crippen LogP contribution in [0.3, 0.4) is 0 Å². The van der Waals surface area contributed by atoms with Crippen LogP contribution in [0.2, 0.25) is 0 Å². The van der Waals surface area contributed by atoms with E-state index in [9.17, 15) is 22.8 Å². The maximum atomic E-state index is 13.0. The van der Waals surface area contributed by atoms with Gasteiger partial charge >= 0.3 is 6.18 Å². The first-order chi connectivity index (χ1) is 12.5. The van der Waals surface area contributed by atoms with E-state index in [1.165, 1.54) is 31.8 Å². The van der Waals surface area contributed by atoms with Crippen molar-refractivity contribution >= 4 is 33.4 Å². The Balaban J connectivity index is 2.32. The van der Waals surface area contributed by atoms with Crippen LogP contribution in [0.1, 0.15) is 41.8 Å². The number of aryl methyl sites for hydroxylation is 1. The fraction of sp³-hybridized carbons (Fsp3) is 0.467. The predicted molar refractivity (Wildman–Crippen MR) is 94.3 cm³/mol. The fourth-order valence-electron chi connectivity index (χ4n) is 2.37. The van der Waals surface area contributed by atoms with Gasteiger partial charge in [0.2, 0.25) is 5.91 Å². The molecule has 8 nitrogen and oxygen atoms in total. The molecule has 2 aromatic rings. The van der Waals surface area contributed by atoms with Gasteiger partial charge in [0.25, 0.3) is 5.91 Å². The summed E-state index contributed by atoms with van der Waals surface area (Å²) in [6.07, 6.45) is -3.18. The number of amides is 2. The molecule has 12 heteroatoms. The Hall–Kier alpha value is -2.37. The molecule has 0 saturated carbocycles. The highest BCUT2D eigenvalue weighted by molar-refractivity contribution is 9.10. The molecule has 27 heavy (non-hydrogen) atoms. The Morgan fingerprint density at radius 1 is 1.33 bits per heavy atom. The second-order valence-electron chi connectivity index (χ2n) is 5.68. The lowest BCUT2D eigenvalue weighted by Crippen LogP contribution is -2.27. The summed E-state index contributed by atoms with van der Waals surface area (Å²) in [5, 5.41) is 12.5. The number of alkyl halides is 3. The van der Waals surface area contributed by atoms with Crippen LogP contribution in [-0.4, -0.2) is 38.4 Å². The van der Waals surface area contributed by atoms with Gasteiger partial charge in [-0.2, -0.15) is 23.4 Å². The summed E-state index contributed by atoms with van der Waals surface area (Å²) in [4.78, 5) is 24.5. The summed E-state index contributed by atoms with van der Waals surface area (Å²) in [5.41, 5.74) is -0.785. The van der Waals surface area contributed by atoms with Crippen LogP contribution in [0.15, 0.2) is 10.7 Å². The standard InChI is InChI=1S/C15H18BrF3N6O2/c1-5-24-6-9(11(22-24)14(27)20-4)21-13(26)8(3)25-7(2)10(16)12(23-25)15(17,18)19/h6,8H,5H2,1-4H3,(H,20,27)(H,21,26)/t8-/m0/s1. The normalized spacial score (nSPS) is 12.7. The fourth-order valence-corrected chi connectivity index (χ4v) is 2.85. The molecule has 2 rings (SSSR count). The van der Waals surface area contributed by atoms with E-state index < -0.39 is 29.7 Å². The Morgan fingerprint density at radius 2 is 1.96 bits per heavy atom. The van der Waals surface area contributed by atoms with Crippen molar-refractivity contribution in [1.82, 2.24) is 24.9 Å². The van der Waals surface area contributed by atoms with Crippen molar-refractivity contribution in [1.29, 1.82) is 0 Å². The molecule has 2 amide bonds. The number of halogens is 4. The molecule has 0 radical (unpaired) electrons. The maximum Gasteiger partial charge on any atom is 0.436 e. The number of carbonyl (C=O) groups is 2. The number of carbonyl (C=O) groups excluding carboxylic acids is 2. The molecule has 148 valence electrons. The van der Waals surface area contributed by atoms with Crippen molar-refractivity contribution in [3.8, 4) is 0 Å². The first-order valence-corrected chi connectivity index (χ1v) is 8.72. The monoisotopic (exact) mass is 450 g/mol. The van der Waals surface area contributed by atoms with Crippen LogP contribution in [0, 0.1) is 6.92 Å². The first-order valence-electron chi connectivity index (χ1n) is 7.93. The highest BCUT2D eigenvalue weighted by Crippen LogP contribution is 2.36. The van der Waals surface area contributed by atoms with Crippen molar-refractivity contribution in [3.05, 3.63) is 27.8 Å². The van der Waals surface area contributed by atoms with Crippen molar-refractivity contribution in [3.63, 3.8) is 0 Å². The van der Waals surface area contributed by atoms with Gasteiger partial charge in [0.15, 0.2) is 11.4 Å². The van der Waals surface area contributed by atoms with Gasteiger partial charge in [0, 0.05) is 19.8 Å². The minimum Gasteiger partial charge on any atom is -0.354 e. The van der Waals surface area contributed by atoms with Crippen LogP contribution in [-0.2, 0) is 17.5 Å². The van der Waals surface area contributed by atoms with E-state index in [-0.39, 0.29) is 21.5 Å². The lowest BCUT2D eigenvalue weighted by atomic mass is 10.2. The zero-order valence-corrected chi connectivity index (χ0v) is 16.6. The van der Waals surface area contributed by atoms with E-state index in [0.717, 1.165) is 4.68 Å². The summed E-state index contributed by atoms with van der Waals surface area (Å²) in [6, 6.07) is -1.06. The highest BCUT2D eigenvalue weighted by atomic mass is 79.9. The smallest absolute Gasteiger partial charge is 0.354 e. The number of hydrogen-bond acceptors (Lipinski definition) is 4. The average molecular weight is 451 g/mol. The van der Waals surface area contributed by atoms with Crippen LogP contribution >= 0.6 is 15.9 Å². The average Bonchev–Trinajstić information content (AvgIpc) is 3.15. The number of nitrogens with zero attached hydrogens (tertiary/aromatic N) is 4. The molecule has 0 aromatic carbocycles. The molecule has 2 aromatic heterocycles. The third-order valence-corrected chi connectivity index (χ3v) is 4.83. The summed E-state index contributed by atoms with van der Waals surface area (Å²) >= 11 is 2.87. The molecular weight excluding hydrogens is 433 g/mol. The Labute approximate surface area is 161 Å². The van der Waals surface area contributed by atoms with Gasteiger partial charge in [-0.3, -0.25) is 19.0 Å². The van der Waals surface area contributed by atoms with Crippen LogP contribution in [0.4, 0.5) is 18.9 Å². The predicted octanol–water partition coefficient (Wildman–Crippen LogP) is 2.75. The minimum atomic E-state index is -4.65. The van der Waals surface area contributed by atoms with E-state index in [1.807, 2.05) is 0 Å². The van der Waals surface area contributed by atoms with Gasteiger partial charge in [0.1, 0.15) is 6.04 Å². The van der Waals surface area contributed by atoms with E-state index in [4.69, 9.17) is 0 Å². The van der Waals surface area contributed by atoms with Gasteiger partial charge in [0.05, 0.1) is 15.9 Å². The van der Waals surface area contributed by atoms with Gasteiger partial charge in [-0.1, -0.05) is 0 Å². The second-order valence-corrected chi connectivity index (χ2v) is 6.47. The molecule has 0 spiro atoms. The number of hydrogen-bond donors (Lipinski definition) is 2. The Morgan fingerprint density at radius 3 is 2.44 bits per heavy atom. The van der Waals surface area contributed by atoms with Crippen molar-refractivity contribution in [2.75, 3.05) is 12.4 Å². The van der Waals surface area contributed by atoms with E-state index in [1.54, 1.807) is 6.92 Å². The van der Waals surface area contributed by atoms with E-state index in [2.05, 4.69) is 36.8 Å². The number of nitrogens with one attached hydrogen (secondary N) is 2. The quantitative estimate of drug-likeness (QED) is 0.731. The molecule has 0 bridgehead atoms. The topological polar surface area (TPSA) is 93.8 Å². The Bertz CT molecular complexity index is 874. The number of anilines is 1. The number of rotatable bonds is 5. The van der Waals surface area contributed by atoms with Crippen molar-refractivity contribution in [2.24, 2.45) is 0 Å². The van der Waals surface area contributed by atoms with Crippen LogP contribution in [0.5, 0.6) is 0 Å². The summed E-state index contributed by atoms with van der Waals surface area (Å²) in [6.45, 7) is 5.10. The molecule has 0 aliphatic heterocycles. The Kier molecular flexibility index (Phi) is 5.97. The molecule has 2 N–H and O–H groups in total. The van der Waals surface area contributed by atoms with Crippen LogP contribution in [0.25, 0.3) is 0 Å². The van der Waals surface area contributed by atoms with Crippen molar-refractivity contribution < 1.29 is 22.8 Å². The summed E-state index contributed by atoms with van der Waals surface area (Å²) in [7, 11) is 1.42. The van der Waals surface area contributed by atoms with E-state index >= 15 is 0 Å². The van der Waals surface area contributed by atoms with Gasteiger partial charge < -0.3 is 10.6 Å². The maximum absolute atomic E-state index is 13.0. The summed E-state index contributed by atoms with van der Waals surface area (Å²) in [5.74, 6) is -1.13. The molecular formula is C15H18BrF3N6O2. The molecule has 2 heterocycles. The molecule has 0 aliphatic rings. The zero-order valence-electron chi connectivity index (χ0n) is 15.0. The molecule has 1 atom stereocenters. The van der Waals surface area contributed by atoms with Crippen molar-refractivity contribution in [2.45, 2.75) is 39.5 Å². The highest BCUT2D eigenvalue weighted by Gasteiger charge is 2.39. The van der Waals surface area contributed by atoms with E-state index in [0.29, 0.717) is 6.54 Å². The molecule has 0 unspecified atom stereocenters. The number of aromatic nitrogens is 4. The second kappa shape index (κ2) is 7.71. The SMILES string of the molecule is CCn1cc(NC(=O)[C@H](C)n2nc(C(F)(F)F)c(Br)c2C)c(C(=O)NC)n1. The van der Waals surface area contributed by atoms with Gasteiger partial charge in [-0.15, -0.1) is 0 Å². The third-order valence-electron chi connectivity index (χ3n) is 3.88. The van der Waals surface area contributed by atoms with Gasteiger partial charge in [-0.25, -0.2) is 0 Å². The summed E-state index contributed by atoms with van der Waals surface area (Å²) < 4.78 is 41.3. The molecule has 0 fully saturated rings. The minimum absolute atomic E-state index is 0.00856. The largest absolute Gasteiger partial charge is 0.436 e.